The van der Waals surface area contributed by atoms with Crippen molar-refractivity contribution in [2.24, 2.45) is 0 Å². The SMILES string of the molecule is CCCCNC(=O)N(CCCC)CC1CCCN1. The predicted octanol–water partition coefficient (Wildman–Crippen LogP) is 2.35. The van der Waals surface area contributed by atoms with Crippen molar-refractivity contribution in [1.29, 1.82) is 0 Å². The molecule has 1 saturated heterocycles. The van der Waals surface area contributed by atoms with Crippen LogP contribution in [0, 0.1) is 0 Å². The van der Waals surface area contributed by atoms with E-state index in [1.807, 2.05) is 4.90 Å². The van der Waals surface area contributed by atoms with E-state index in [4.69, 9.17) is 0 Å². The van der Waals surface area contributed by atoms with E-state index in [1.165, 1.54) is 12.8 Å². The largest absolute Gasteiger partial charge is 0.338 e. The minimum atomic E-state index is 0.116. The molecule has 1 aliphatic rings. The number of hydrogen-bond acceptors (Lipinski definition) is 2. The summed E-state index contributed by atoms with van der Waals surface area (Å²) in [5.41, 5.74) is 0. The smallest absolute Gasteiger partial charge is 0.317 e. The average molecular weight is 255 g/mol. The third kappa shape index (κ3) is 5.71. The van der Waals surface area contributed by atoms with Gasteiger partial charge in [0.05, 0.1) is 0 Å². The van der Waals surface area contributed by atoms with Gasteiger partial charge in [0.2, 0.25) is 0 Å². The summed E-state index contributed by atoms with van der Waals surface area (Å²) in [5, 5.41) is 6.49. The lowest BCUT2D eigenvalue weighted by atomic mass is 10.2. The van der Waals surface area contributed by atoms with Crippen molar-refractivity contribution in [2.45, 2.75) is 58.4 Å². The second-order valence-corrected chi connectivity index (χ2v) is 5.18. The Kier molecular flexibility index (Phi) is 7.81. The number of carbonyl (C=O) groups excluding carboxylic acids is 1. The highest BCUT2D eigenvalue weighted by Gasteiger charge is 2.20. The topological polar surface area (TPSA) is 44.4 Å². The Morgan fingerprint density at radius 1 is 1.33 bits per heavy atom. The summed E-state index contributed by atoms with van der Waals surface area (Å²) >= 11 is 0. The summed E-state index contributed by atoms with van der Waals surface area (Å²) in [6, 6.07) is 0.615. The normalized spacial score (nSPS) is 18.9. The second-order valence-electron chi connectivity index (χ2n) is 5.18. The van der Waals surface area contributed by atoms with Crippen LogP contribution in [-0.4, -0.2) is 43.2 Å². The first kappa shape index (κ1) is 15.3. The molecule has 1 aliphatic heterocycles. The zero-order valence-corrected chi connectivity index (χ0v) is 12.0. The highest BCUT2D eigenvalue weighted by molar-refractivity contribution is 5.74. The molecule has 0 aromatic carbocycles. The van der Waals surface area contributed by atoms with Crippen molar-refractivity contribution in [1.82, 2.24) is 15.5 Å². The Morgan fingerprint density at radius 2 is 2.11 bits per heavy atom. The van der Waals surface area contributed by atoms with Gasteiger partial charge >= 0.3 is 6.03 Å². The fourth-order valence-corrected chi connectivity index (χ4v) is 2.29. The summed E-state index contributed by atoms with van der Waals surface area (Å²) in [5.74, 6) is 0. The van der Waals surface area contributed by atoms with Crippen molar-refractivity contribution in [3.05, 3.63) is 0 Å². The van der Waals surface area contributed by atoms with E-state index in [2.05, 4.69) is 24.5 Å². The zero-order valence-electron chi connectivity index (χ0n) is 12.0. The van der Waals surface area contributed by atoms with Crippen LogP contribution < -0.4 is 10.6 Å². The van der Waals surface area contributed by atoms with Crippen molar-refractivity contribution >= 4 is 6.03 Å². The molecule has 1 atom stereocenters. The lowest BCUT2D eigenvalue weighted by Gasteiger charge is -2.26. The molecule has 0 aromatic heterocycles. The molecule has 0 aliphatic carbocycles. The van der Waals surface area contributed by atoms with Crippen LogP contribution in [0.3, 0.4) is 0 Å². The maximum atomic E-state index is 12.1. The number of carbonyl (C=O) groups is 1. The molecule has 0 aromatic rings. The molecule has 4 nitrogen and oxygen atoms in total. The number of unbranched alkanes of at least 4 members (excludes halogenated alkanes) is 2. The van der Waals surface area contributed by atoms with Crippen LogP contribution in [0.5, 0.6) is 0 Å². The standard InChI is InChI=1S/C14H29N3O/c1-3-5-9-16-14(18)17(11-6-4-2)12-13-8-7-10-15-13/h13,15H,3-12H2,1-2H3,(H,16,18). The summed E-state index contributed by atoms with van der Waals surface area (Å²) in [6.07, 6.45) is 6.85. The predicted molar refractivity (Wildman–Crippen MR) is 75.8 cm³/mol. The lowest BCUT2D eigenvalue weighted by molar-refractivity contribution is 0.191. The van der Waals surface area contributed by atoms with E-state index in [9.17, 15) is 4.79 Å². The van der Waals surface area contributed by atoms with Gasteiger partial charge in [-0.2, -0.15) is 0 Å². The van der Waals surface area contributed by atoms with Gasteiger partial charge in [0.25, 0.3) is 0 Å². The quantitative estimate of drug-likeness (QED) is 0.654. The van der Waals surface area contributed by atoms with Crippen LogP contribution in [0.1, 0.15) is 52.4 Å². The Labute approximate surface area is 111 Å². The Balaban J connectivity index is 2.34. The highest BCUT2D eigenvalue weighted by atomic mass is 16.2. The van der Waals surface area contributed by atoms with E-state index in [0.29, 0.717) is 6.04 Å². The average Bonchev–Trinajstić information content (AvgIpc) is 2.87. The number of hydrogen-bond donors (Lipinski definition) is 2. The minimum Gasteiger partial charge on any atom is -0.338 e. The van der Waals surface area contributed by atoms with Gasteiger partial charge in [-0.25, -0.2) is 4.79 Å². The number of amides is 2. The van der Waals surface area contributed by atoms with Crippen LogP contribution in [-0.2, 0) is 0 Å². The molecule has 2 N–H and O–H groups in total. The van der Waals surface area contributed by atoms with Gasteiger partial charge in [0.1, 0.15) is 0 Å². The van der Waals surface area contributed by atoms with Crippen LogP contribution in [0.15, 0.2) is 0 Å². The molecule has 4 heteroatoms. The molecule has 106 valence electrons. The number of urea groups is 1. The second kappa shape index (κ2) is 9.20. The zero-order chi connectivity index (χ0) is 13.2. The van der Waals surface area contributed by atoms with E-state index in [0.717, 1.165) is 51.9 Å². The summed E-state index contributed by atoms with van der Waals surface area (Å²) in [6.45, 7) is 7.95. The molecular weight excluding hydrogens is 226 g/mol. The fraction of sp³-hybridized carbons (Fsp3) is 0.929. The monoisotopic (exact) mass is 255 g/mol. The molecule has 0 radical (unpaired) electrons. The Morgan fingerprint density at radius 3 is 2.72 bits per heavy atom. The van der Waals surface area contributed by atoms with Crippen molar-refractivity contribution in [3.63, 3.8) is 0 Å². The maximum Gasteiger partial charge on any atom is 0.317 e. The summed E-state index contributed by atoms with van der Waals surface area (Å²) in [7, 11) is 0. The number of nitrogens with one attached hydrogen (secondary N) is 2. The van der Waals surface area contributed by atoms with E-state index >= 15 is 0 Å². The van der Waals surface area contributed by atoms with E-state index in [-0.39, 0.29) is 6.03 Å². The molecule has 0 saturated carbocycles. The molecule has 18 heavy (non-hydrogen) atoms. The lowest BCUT2D eigenvalue weighted by Crippen LogP contribution is -2.46. The van der Waals surface area contributed by atoms with Crippen molar-refractivity contribution in [3.8, 4) is 0 Å². The molecule has 1 fully saturated rings. The van der Waals surface area contributed by atoms with Gasteiger partial charge < -0.3 is 15.5 Å². The Bertz CT molecular complexity index is 227. The van der Waals surface area contributed by atoms with Gasteiger partial charge in [-0.3, -0.25) is 0 Å². The molecule has 0 spiro atoms. The molecule has 1 rings (SSSR count). The first-order chi connectivity index (χ1) is 8.77. The van der Waals surface area contributed by atoms with E-state index in [1.54, 1.807) is 0 Å². The van der Waals surface area contributed by atoms with Crippen molar-refractivity contribution < 1.29 is 4.79 Å². The van der Waals surface area contributed by atoms with E-state index < -0.39 is 0 Å². The van der Waals surface area contributed by atoms with Gasteiger partial charge in [0.15, 0.2) is 0 Å². The highest BCUT2D eigenvalue weighted by Crippen LogP contribution is 2.08. The van der Waals surface area contributed by atoms with Gasteiger partial charge in [-0.1, -0.05) is 26.7 Å². The molecule has 2 amide bonds. The molecule has 1 unspecified atom stereocenters. The number of rotatable bonds is 8. The van der Waals surface area contributed by atoms with Crippen LogP contribution in [0.2, 0.25) is 0 Å². The molecule has 0 bridgehead atoms. The molecular formula is C14H29N3O. The summed E-state index contributed by atoms with van der Waals surface area (Å²) in [4.78, 5) is 14.1. The molecule has 1 heterocycles. The van der Waals surface area contributed by atoms with Crippen molar-refractivity contribution in [2.75, 3.05) is 26.2 Å². The summed E-state index contributed by atoms with van der Waals surface area (Å²) < 4.78 is 0. The van der Waals surface area contributed by atoms with Gasteiger partial charge in [0, 0.05) is 25.7 Å². The van der Waals surface area contributed by atoms with Gasteiger partial charge in [-0.15, -0.1) is 0 Å². The van der Waals surface area contributed by atoms with Crippen LogP contribution >= 0.6 is 0 Å². The Hall–Kier alpha value is -0.770. The number of nitrogens with zero attached hydrogens (tertiary/aromatic N) is 1. The fourth-order valence-electron chi connectivity index (χ4n) is 2.29. The third-order valence-electron chi connectivity index (χ3n) is 3.48. The first-order valence-corrected chi connectivity index (χ1v) is 7.54. The maximum absolute atomic E-state index is 12.1. The van der Waals surface area contributed by atoms with Crippen LogP contribution in [0.4, 0.5) is 4.79 Å². The first-order valence-electron chi connectivity index (χ1n) is 7.54. The van der Waals surface area contributed by atoms with Crippen LogP contribution in [0.25, 0.3) is 0 Å². The van der Waals surface area contributed by atoms with Gasteiger partial charge in [-0.05, 0) is 32.2 Å². The third-order valence-corrected chi connectivity index (χ3v) is 3.48. The minimum absolute atomic E-state index is 0.116.